The summed E-state index contributed by atoms with van der Waals surface area (Å²) in [4.78, 5) is 0. The monoisotopic (exact) mass is 485 g/mol. The zero-order valence-corrected chi connectivity index (χ0v) is 23.4. The van der Waals surface area contributed by atoms with E-state index < -0.39 is 5.60 Å². The lowest BCUT2D eigenvalue weighted by atomic mass is 10.0. The minimum atomic E-state index is -0.711. The maximum Gasteiger partial charge on any atom is 0.108 e. The first-order chi connectivity index (χ1) is 15.5. The summed E-state index contributed by atoms with van der Waals surface area (Å²) in [6.45, 7) is 23.1. The number of ether oxygens (including phenoxy) is 4. The fourth-order valence-corrected chi connectivity index (χ4v) is 3.38. The van der Waals surface area contributed by atoms with Crippen LogP contribution in [-0.2, 0) is 32.1 Å². The molecule has 34 heavy (non-hydrogen) atoms. The number of aliphatic hydroxyl groups is 1. The Kier molecular flexibility index (Phi) is 12.1. The molecule has 1 heterocycles. The molecule has 0 amide bonds. The molecule has 0 spiro atoms. The number of nitrogens with zero attached hydrogens (tertiary/aromatic N) is 3. The van der Waals surface area contributed by atoms with Crippen LogP contribution in [0.2, 0.25) is 0 Å². The van der Waals surface area contributed by atoms with E-state index in [0.717, 1.165) is 25.0 Å². The van der Waals surface area contributed by atoms with Crippen molar-refractivity contribution in [2.75, 3.05) is 19.8 Å². The molecule has 0 atom stereocenters. The molecule has 0 saturated heterocycles. The Balaban J connectivity index is 2.28. The predicted molar refractivity (Wildman–Crippen MR) is 135 cm³/mol. The largest absolute Gasteiger partial charge is 0.390 e. The molecule has 1 rings (SSSR count). The van der Waals surface area contributed by atoms with Crippen LogP contribution in [0.1, 0.15) is 101 Å². The van der Waals surface area contributed by atoms with E-state index in [0.29, 0.717) is 39.4 Å². The van der Waals surface area contributed by atoms with E-state index in [-0.39, 0.29) is 22.9 Å². The molecule has 0 aliphatic heterocycles. The fraction of sp³-hybridized carbons (Fsp3) is 0.923. The molecule has 0 fully saturated rings. The van der Waals surface area contributed by atoms with Crippen molar-refractivity contribution in [1.82, 2.24) is 15.0 Å². The van der Waals surface area contributed by atoms with Gasteiger partial charge in [-0.1, -0.05) is 5.21 Å². The van der Waals surface area contributed by atoms with Crippen molar-refractivity contribution in [3.8, 4) is 0 Å². The zero-order valence-electron chi connectivity index (χ0n) is 23.4. The average molecular weight is 486 g/mol. The van der Waals surface area contributed by atoms with Gasteiger partial charge in [-0.15, -0.1) is 5.10 Å². The molecule has 0 radical (unpaired) electrons. The minimum Gasteiger partial charge on any atom is -0.390 e. The van der Waals surface area contributed by atoms with Gasteiger partial charge in [-0.05, 0) is 94.9 Å². The van der Waals surface area contributed by atoms with Crippen LogP contribution in [0.3, 0.4) is 0 Å². The van der Waals surface area contributed by atoms with Crippen LogP contribution in [0.4, 0.5) is 0 Å². The Morgan fingerprint density at radius 2 is 1.38 bits per heavy atom. The van der Waals surface area contributed by atoms with Crippen molar-refractivity contribution in [3.63, 3.8) is 0 Å². The van der Waals surface area contributed by atoms with E-state index in [9.17, 15) is 5.11 Å². The molecular formula is C26H51N3O5. The molecule has 1 aromatic rings. The summed E-state index contributed by atoms with van der Waals surface area (Å²) in [7, 11) is 0. The minimum absolute atomic E-state index is 0.190. The van der Waals surface area contributed by atoms with Crippen molar-refractivity contribution >= 4 is 0 Å². The highest BCUT2D eigenvalue weighted by molar-refractivity contribution is 4.90. The van der Waals surface area contributed by atoms with Gasteiger partial charge in [0.15, 0.2) is 0 Å². The number of aryl methyl sites for hydroxylation is 1. The van der Waals surface area contributed by atoms with E-state index in [2.05, 4.69) is 65.7 Å². The fourth-order valence-electron chi connectivity index (χ4n) is 3.38. The van der Waals surface area contributed by atoms with Crippen molar-refractivity contribution in [2.24, 2.45) is 0 Å². The summed E-state index contributed by atoms with van der Waals surface area (Å²) in [5.74, 6) is 0. The van der Waals surface area contributed by atoms with Gasteiger partial charge in [-0.3, -0.25) is 4.68 Å². The van der Waals surface area contributed by atoms with Crippen LogP contribution in [0, 0.1) is 0 Å². The smallest absolute Gasteiger partial charge is 0.108 e. The van der Waals surface area contributed by atoms with Gasteiger partial charge in [-0.25, -0.2) is 0 Å². The van der Waals surface area contributed by atoms with E-state index in [1.165, 1.54) is 0 Å². The molecule has 8 nitrogen and oxygen atoms in total. The van der Waals surface area contributed by atoms with Crippen LogP contribution in [-0.4, -0.2) is 68.4 Å². The molecule has 0 aromatic carbocycles. The van der Waals surface area contributed by atoms with Crippen LogP contribution in [0.15, 0.2) is 6.20 Å². The van der Waals surface area contributed by atoms with E-state index in [1.54, 1.807) is 13.8 Å². The van der Waals surface area contributed by atoms with Gasteiger partial charge in [0.2, 0.25) is 0 Å². The maximum absolute atomic E-state index is 9.83. The van der Waals surface area contributed by atoms with Crippen LogP contribution < -0.4 is 0 Å². The normalized spacial score (nSPS) is 13.8. The SMILES string of the molecule is CC(C)OC(C)(C)CCOC(C)(C)CCOCc1cn(CCC(C)(C)OCCC(C)(C)O)nn1. The number of hydrogen-bond acceptors (Lipinski definition) is 7. The third kappa shape index (κ3) is 15.0. The topological polar surface area (TPSA) is 87.9 Å². The van der Waals surface area contributed by atoms with Gasteiger partial charge in [0.05, 0.1) is 54.5 Å². The summed E-state index contributed by atoms with van der Waals surface area (Å²) in [5, 5.41) is 18.2. The van der Waals surface area contributed by atoms with E-state index >= 15 is 0 Å². The quantitative estimate of drug-likeness (QED) is 0.295. The number of rotatable bonds is 18. The Hall–Kier alpha value is -1.06. The van der Waals surface area contributed by atoms with Gasteiger partial charge >= 0.3 is 0 Å². The van der Waals surface area contributed by atoms with Crippen molar-refractivity contribution in [3.05, 3.63) is 11.9 Å². The molecule has 0 unspecified atom stereocenters. The lowest BCUT2D eigenvalue weighted by Gasteiger charge is -2.31. The first kappa shape index (κ1) is 31.0. The molecule has 1 N–H and O–H groups in total. The summed E-state index contributed by atoms with van der Waals surface area (Å²) < 4.78 is 25.6. The standard InChI is InChI=1S/C26H51N3O5/c1-21(2)34-26(9,10)14-18-33-25(7,8)13-16-31-20-22-19-29(28-27-22)15-11-24(5,6)32-17-12-23(3,4)30/h19,21,30H,11-18,20H2,1-10H3. The molecule has 0 aliphatic rings. The second-order valence-corrected chi connectivity index (χ2v) is 12.0. The lowest BCUT2D eigenvalue weighted by Crippen LogP contribution is -2.33. The van der Waals surface area contributed by atoms with Gasteiger partial charge < -0.3 is 24.1 Å². The van der Waals surface area contributed by atoms with Crippen LogP contribution in [0.5, 0.6) is 0 Å². The highest BCUT2D eigenvalue weighted by atomic mass is 16.5. The Labute approximate surface area is 207 Å². The van der Waals surface area contributed by atoms with Crippen molar-refractivity contribution < 1.29 is 24.1 Å². The Morgan fingerprint density at radius 1 is 0.824 bits per heavy atom. The Bertz CT molecular complexity index is 693. The molecule has 0 saturated carbocycles. The van der Waals surface area contributed by atoms with E-state index in [1.807, 2.05) is 10.9 Å². The summed E-state index contributed by atoms with van der Waals surface area (Å²) >= 11 is 0. The molecule has 8 heteroatoms. The first-order valence-corrected chi connectivity index (χ1v) is 12.6. The average Bonchev–Trinajstić information content (AvgIpc) is 3.09. The number of aromatic nitrogens is 3. The third-order valence-corrected chi connectivity index (χ3v) is 5.59. The molecule has 200 valence electrons. The molecule has 0 bridgehead atoms. The Morgan fingerprint density at radius 3 is 1.97 bits per heavy atom. The summed E-state index contributed by atoms with van der Waals surface area (Å²) in [6.07, 6.45) is 5.17. The summed E-state index contributed by atoms with van der Waals surface area (Å²) in [6, 6.07) is 0. The van der Waals surface area contributed by atoms with Gasteiger partial charge in [0.25, 0.3) is 0 Å². The van der Waals surface area contributed by atoms with Crippen LogP contribution in [0.25, 0.3) is 0 Å². The van der Waals surface area contributed by atoms with Gasteiger partial charge in [-0.2, -0.15) is 0 Å². The highest BCUT2D eigenvalue weighted by Gasteiger charge is 2.24. The molecule has 0 aliphatic carbocycles. The maximum atomic E-state index is 9.83. The second kappa shape index (κ2) is 13.3. The summed E-state index contributed by atoms with van der Waals surface area (Å²) in [5.41, 5.74) is -0.647. The van der Waals surface area contributed by atoms with Gasteiger partial charge in [0, 0.05) is 13.2 Å². The van der Waals surface area contributed by atoms with Crippen molar-refractivity contribution in [1.29, 1.82) is 0 Å². The third-order valence-electron chi connectivity index (χ3n) is 5.59. The molecule has 1 aromatic heterocycles. The lowest BCUT2D eigenvalue weighted by molar-refractivity contribution is -0.0970. The van der Waals surface area contributed by atoms with Crippen LogP contribution >= 0.6 is 0 Å². The van der Waals surface area contributed by atoms with E-state index in [4.69, 9.17) is 18.9 Å². The highest BCUT2D eigenvalue weighted by Crippen LogP contribution is 2.21. The second-order valence-electron chi connectivity index (χ2n) is 12.0. The number of hydrogen-bond donors (Lipinski definition) is 1. The zero-order chi connectivity index (χ0) is 26.0. The molecular weight excluding hydrogens is 434 g/mol. The predicted octanol–water partition coefficient (Wildman–Crippen LogP) is 4.92. The van der Waals surface area contributed by atoms with Crippen molar-refractivity contribution in [2.45, 2.75) is 137 Å². The first-order valence-electron chi connectivity index (χ1n) is 12.6. The van der Waals surface area contributed by atoms with Gasteiger partial charge in [0.1, 0.15) is 5.69 Å².